The number of rotatable bonds is 8. The molecule has 2 aromatic carbocycles. The van der Waals surface area contributed by atoms with Crippen molar-refractivity contribution in [3.8, 4) is 0 Å². The van der Waals surface area contributed by atoms with E-state index in [4.69, 9.17) is 0 Å². The first kappa shape index (κ1) is 17.9. The summed E-state index contributed by atoms with van der Waals surface area (Å²) in [6, 6.07) is 12.6. The second-order valence-corrected chi connectivity index (χ2v) is 5.96. The van der Waals surface area contributed by atoms with Gasteiger partial charge in [0, 0.05) is 18.8 Å². The molecule has 128 valence electrons. The summed E-state index contributed by atoms with van der Waals surface area (Å²) in [6.07, 6.45) is -0.115. The Balaban J connectivity index is 1.95. The third-order valence-corrected chi connectivity index (χ3v) is 3.67. The number of benzene rings is 2. The fraction of sp³-hybridized carbons (Fsp3) is 0.333. The molecule has 0 aromatic heterocycles. The summed E-state index contributed by atoms with van der Waals surface area (Å²) in [5.74, 6) is -1.35. The summed E-state index contributed by atoms with van der Waals surface area (Å²) in [4.78, 5) is 25.4. The Bertz CT molecular complexity index is 715. The molecule has 0 radical (unpaired) electrons. The molecule has 0 saturated carbocycles. The first-order valence-electron chi connectivity index (χ1n) is 7.85. The van der Waals surface area contributed by atoms with Crippen LogP contribution in [0, 0.1) is 0 Å². The molecule has 0 aliphatic rings. The first-order chi connectivity index (χ1) is 11.5. The van der Waals surface area contributed by atoms with Crippen molar-refractivity contribution in [2.75, 3.05) is 32.5 Å². The maximum Gasteiger partial charge on any atom is 0.321 e. The number of carboxylic acids is 1. The van der Waals surface area contributed by atoms with Crippen LogP contribution < -0.4 is 10.6 Å². The lowest BCUT2D eigenvalue weighted by Crippen LogP contribution is -2.42. The number of aliphatic carboxylic acids is 1. The van der Waals surface area contributed by atoms with Crippen LogP contribution in [-0.2, 0) is 9.59 Å². The lowest BCUT2D eigenvalue weighted by molar-refractivity contribution is -0.141. The summed E-state index contributed by atoms with van der Waals surface area (Å²) in [6.45, 7) is 1.21. The zero-order valence-electron chi connectivity index (χ0n) is 14.0. The molecule has 2 aromatic rings. The molecule has 0 saturated heterocycles. The number of hydrogen-bond donors (Lipinski definition) is 3. The minimum Gasteiger partial charge on any atom is -0.480 e. The van der Waals surface area contributed by atoms with E-state index >= 15 is 0 Å². The van der Waals surface area contributed by atoms with E-state index in [0.717, 1.165) is 10.8 Å². The average molecular weight is 329 g/mol. The van der Waals surface area contributed by atoms with Gasteiger partial charge in [-0.2, -0.15) is 0 Å². The number of amides is 1. The topological polar surface area (TPSA) is 81.7 Å². The standard InChI is InChI=1S/C18H23N3O3/c1-21(2)10-9-19-16(18(23)24)12-17(22)20-15-8-7-13-5-3-4-6-14(13)11-15/h3-8,11,16,19H,9-10,12H2,1-2H3,(H,20,22)(H,23,24)/t16-/m1/s1. The highest BCUT2D eigenvalue weighted by atomic mass is 16.4. The third kappa shape index (κ3) is 5.33. The van der Waals surface area contributed by atoms with E-state index in [1.807, 2.05) is 61.5 Å². The van der Waals surface area contributed by atoms with Gasteiger partial charge in [-0.25, -0.2) is 0 Å². The Morgan fingerprint density at radius 1 is 1.12 bits per heavy atom. The zero-order valence-corrected chi connectivity index (χ0v) is 14.0. The molecule has 3 N–H and O–H groups in total. The predicted molar refractivity (Wildman–Crippen MR) is 95.2 cm³/mol. The van der Waals surface area contributed by atoms with Gasteiger partial charge < -0.3 is 20.6 Å². The monoisotopic (exact) mass is 329 g/mol. The molecule has 0 unspecified atom stereocenters. The van der Waals surface area contributed by atoms with Crippen molar-refractivity contribution in [2.45, 2.75) is 12.5 Å². The van der Waals surface area contributed by atoms with Gasteiger partial charge in [0.2, 0.25) is 5.91 Å². The van der Waals surface area contributed by atoms with Crippen molar-refractivity contribution in [2.24, 2.45) is 0 Å². The Kier molecular flexibility index (Phi) is 6.28. The number of anilines is 1. The van der Waals surface area contributed by atoms with Crippen LogP contribution in [0.1, 0.15) is 6.42 Å². The molecule has 6 heteroatoms. The van der Waals surface area contributed by atoms with Gasteiger partial charge in [-0.05, 0) is 37.0 Å². The quantitative estimate of drug-likeness (QED) is 0.688. The lowest BCUT2D eigenvalue weighted by Gasteiger charge is -2.16. The van der Waals surface area contributed by atoms with Gasteiger partial charge in [0.25, 0.3) is 0 Å². The van der Waals surface area contributed by atoms with Gasteiger partial charge in [-0.3, -0.25) is 9.59 Å². The number of carbonyl (C=O) groups is 2. The van der Waals surface area contributed by atoms with Gasteiger partial charge in [-0.15, -0.1) is 0 Å². The Morgan fingerprint density at radius 2 is 1.83 bits per heavy atom. The maximum atomic E-state index is 12.1. The first-order valence-corrected chi connectivity index (χ1v) is 7.85. The van der Waals surface area contributed by atoms with Crippen molar-refractivity contribution in [1.29, 1.82) is 0 Å². The summed E-state index contributed by atoms with van der Waals surface area (Å²) in [5, 5.41) is 17.0. The van der Waals surface area contributed by atoms with E-state index in [1.54, 1.807) is 0 Å². The van der Waals surface area contributed by atoms with Gasteiger partial charge >= 0.3 is 5.97 Å². The molecule has 24 heavy (non-hydrogen) atoms. The summed E-state index contributed by atoms with van der Waals surface area (Å²) in [5.41, 5.74) is 0.663. The smallest absolute Gasteiger partial charge is 0.321 e. The third-order valence-electron chi connectivity index (χ3n) is 3.67. The number of carbonyl (C=O) groups excluding carboxylic acids is 1. The predicted octanol–water partition coefficient (Wildman–Crippen LogP) is 1.77. The van der Waals surface area contributed by atoms with Gasteiger partial charge in [0.15, 0.2) is 0 Å². The normalized spacial score (nSPS) is 12.3. The number of likely N-dealkylation sites (N-methyl/N-ethyl adjacent to an activating group) is 1. The fourth-order valence-electron chi connectivity index (χ4n) is 2.37. The summed E-state index contributed by atoms with van der Waals surface area (Å²) < 4.78 is 0. The molecule has 0 aliphatic heterocycles. The highest BCUT2D eigenvalue weighted by molar-refractivity contribution is 5.96. The zero-order chi connectivity index (χ0) is 17.5. The van der Waals surface area contributed by atoms with Crippen LogP contribution in [0.3, 0.4) is 0 Å². The Labute approximate surface area is 141 Å². The van der Waals surface area contributed by atoms with E-state index in [2.05, 4.69) is 10.6 Å². The van der Waals surface area contributed by atoms with E-state index in [0.29, 0.717) is 18.8 Å². The Morgan fingerprint density at radius 3 is 2.50 bits per heavy atom. The lowest BCUT2D eigenvalue weighted by atomic mass is 10.1. The minimum absolute atomic E-state index is 0.115. The van der Waals surface area contributed by atoms with Crippen molar-refractivity contribution < 1.29 is 14.7 Å². The van der Waals surface area contributed by atoms with Crippen molar-refractivity contribution >= 4 is 28.3 Å². The molecule has 0 heterocycles. The van der Waals surface area contributed by atoms with Crippen LogP contribution in [0.2, 0.25) is 0 Å². The van der Waals surface area contributed by atoms with Crippen LogP contribution in [-0.4, -0.2) is 55.1 Å². The number of fused-ring (bicyclic) bond motifs is 1. The Hall–Kier alpha value is -2.44. The minimum atomic E-state index is -1.03. The molecule has 0 aliphatic carbocycles. The molecule has 1 atom stereocenters. The summed E-state index contributed by atoms with van der Waals surface area (Å²) >= 11 is 0. The van der Waals surface area contributed by atoms with Gasteiger partial charge in [0.1, 0.15) is 6.04 Å². The van der Waals surface area contributed by atoms with Crippen molar-refractivity contribution in [3.05, 3.63) is 42.5 Å². The van der Waals surface area contributed by atoms with Crippen LogP contribution >= 0.6 is 0 Å². The van der Waals surface area contributed by atoms with E-state index in [-0.39, 0.29) is 12.3 Å². The number of carboxylic acid groups (broad SMARTS) is 1. The van der Waals surface area contributed by atoms with E-state index < -0.39 is 12.0 Å². The number of nitrogens with zero attached hydrogens (tertiary/aromatic N) is 1. The molecule has 0 bridgehead atoms. The largest absolute Gasteiger partial charge is 0.480 e. The van der Waals surface area contributed by atoms with Crippen LogP contribution in [0.5, 0.6) is 0 Å². The van der Waals surface area contributed by atoms with E-state index in [9.17, 15) is 14.7 Å². The fourth-order valence-corrected chi connectivity index (χ4v) is 2.37. The molecular formula is C18H23N3O3. The highest BCUT2D eigenvalue weighted by Gasteiger charge is 2.20. The van der Waals surface area contributed by atoms with Crippen LogP contribution in [0.25, 0.3) is 10.8 Å². The second kappa shape index (κ2) is 8.42. The second-order valence-electron chi connectivity index (χ2n) is 5.96. The summed E-state index contributed by atoms with van der Waals surface area (Å²) in [7, 11) is 3.81. The molecule has 6 nitrogen and oxygen atoms in total. The van der Waals surface area contributed by atoms with E-state index in [1.165, 1.54) is 0 Å². The van der Waals surface area contributed by atoms with Crippen LogP contribution in [0.15, 0.2) is 42.5 Å². The highest BCUT2D eigenvalue weighted by Crippen LogP contribution is 2.19. The molecule has 1 amide bonds. The van der Waals surface area contributed by atoms with Gasteiger partial charge in [0.05, 0.1) is 6.42 Å². The SMILES string of the molecule is CN(C)CCN[C@H](CC(=O)Nc1ccc2ccccc2c1)C(=O)O. The van der Waals surface area contributed by atoms with Crippen LogP contribution in [0.4, 0.5) is 5.69 Å². The maximum absolute atomic E-state index is 12.1. The molecular weight excluding hydrogens is 306 g/mol. The molecule has 0 spiro atoms. The number of nitrogens with one attached hydrogen (secondary N) is 2. The van der Waals surface area contributed by atoms with Crippen molar-refractivity contribution in [1.82, 2.24) is 10.2 Å². The number of hydrogen-bond acceptors (Lipinski definition) is 4. The molecule has 0 fully saturated rings. The van der Waals surface area contributed by atoms with Crippen molar-refractivity contribution in [3.63, 3.8) is 0 Å². The molecule has 2 rings (SSSR count). The van der Waals surface area contributed by atoms with Gasteiger partial charge in [-0.1, -0.05) is 30.3 Å². The average Bonchev–Trinajstić information content (AvgIpc) is 2.53.